The van der Waals surface area contributed by atoms with Crippen LogP contribution in [-0.4, -0.2) is 29.0 Å². The minimum Gasteiger partial charge on any atom is -0.394 e. The molecule has 3 nitrogen and oxygen atoms in total. The van der Waals surface area contributed by atoms with E-state index in [9.17, 15) is 10.2 Å². The first-order valence-corrected chi connectivity index (χ1v) is 8.83. The van der Waals surface area contributed by atoms with Crippen molar-refractivity contribution in [1.29, 1.82) is 0 Å². The Morgan fingerprint density at radius 3 is 2.00 bits per heavy atom. The summed E-state index contributed by atoms with van der Waals surface area (Å²) in [6.45, 7) is 2.43. The third-order valence-corrected chi connectivity index (χ3v) is 5.55. The first-order chi connectivity index (χ1) is 12.2. The molecule has 0 amide bonds. The Balaban J connectivity index is 0.00000196. The minimum atomic E-state index is -0.635. The second kappa shape index (κ2) is 7.37. The summed E-state index contributed by atoms with van der Waals surface area (Å²) in [5, 5.41) is 30.3. The van der Waals surface area contributed by atoms with Crippen LogP contribution in [0.4, 0.5) is 0 Å². The number of hydrogen-bond donors (Lipinski definition) is 3. The van der Waals surface area contributed by atoms with Crippen LogP contribution in [0.5, 0.6) is 0 Å². The predicted molar refractivity (Wildman–Crippen MR) is 111 cm³/mol. The van der Waals surface area contributed by atoms with Crippen molar-refractivity contribution in [3.05, 3.63) is 60.2 Å². The SMILES string of the molecule is CCC(CO)(CO)NCc1ccc2ccc3cccc4ccc1c2c34.Cl. The van der Waals surface area contributed by atoms with Crippen molar-refractivity contribution >= 4 is 44.7 Å². The Morgan fingerprint density at radius 1 is 0.808 bits per heavy atom. The fourth-order valence-electron chi connectivity index (χ4n) is 3.74. The van der Waals surface area contributed by atoms with Crippen LogP contribution in [0.2, 0.25) is 0 Å². The van der Waals surface area contributed by atoms with Gasteiger partial charge in [-0.25, -0.2) is 0 Å². The van der Waals surface area contributed by atoms with E-state index in [1.807, 2.05) is 6.92 Å². The summed E-state index contributed by atoms with van der Waals surface area (Å²) in [5.74, 6) is 0. The van der Waals surface area contributed by atoms with Gasteiger partial charge in [0.2, 0.25) is 0 Å². The summed E-state index contributed by atoms with van der Waals surface area (Å²) in [4.78, 5) is 0. The zero-order valence-corrected chi connectivity index (χ0v) is 15.6. The van der Waals surface area contributed by atoms with Crippen molar-refractivity contribution < 1.29 is 10.2 Å². The van der Waals surface area contributed by atoms with Crippen LogP contribution >= 0.6 is 12.4 Å². The quantitative estimate of drug-likeness (QED) is 0.446. The normalized spacial score (nSPS) is 12.1. The lowest BCUT2D eigenvalue weighted by Crippen LogP contribution is -2.50. The van der Waals surface area contributed by atoms with E-state index in [4.69, 9.17) is 0 Å². The maximum atomic E-state index is 9.67. The molecule has 0 saturated heterocycles. The minimum absolute atomic E-state index is 0. The van der Waals surface area contributed by atoms with Crippen molar-refractivity contribution in [1.82, 2.24) is 5.32 Å². The highest BCUT2D eigenvalue weighted by atomic mass is 35.5. The molecule has 0 aliphatic carbocycles. The van der Waals surface area contributed by atoms with E-state index in [1.54, 1.807) is 0 Å². The van der Waals surface area contributed by atoms with Crippen LogP contribution in [-0.2, 0) is 6.54 Å². The van der Waals surface area contributed by atoms with Crippen LogP contribution in [0.15, 0.2) is 54.6 Å². The van der Waals surface area contributed by atoms with Crippen molar-refractivity contribution in [2.24, 2.45) is 0 Å². The van der Waals surface area contributed by atoms with Gasteiger partial charge in [-0.05, 0) is 44.3 Å². The molecule has 0 unspecified atom stereocenters. The average Bonchev–Trinajstić information content (AvgIpc) is 2.68. The average molecular weight is 370 g/mol. The summed E-state index contributed by atoms with van der Waals surface area (Å²) in [7, 11) is 0. The van der Waals surface area contributed by atoms with Gasteiger partial charge in [-0.1, -0.05) is 61.5 Å². The first-order valence-electron chi connectivity index (χ1n) is 8.83. The van der Waals surface area contributed by atoms with Gasteiger partial charge in [0.05, 0.1) is 18.8 Å². The van der Waals surface area contributed by atoms with Crippen LogP contribution in [0, 0.1) is 0 Å². The maximum absolute atomic E-state index is 9.67. The monoisotopic (exact) mass is 369 g/mol. The van der Waals surface area contributed by atoms with Gasteiger partial charge in [0, 0.05) is 6.54 Å². The zero-order valence-electron chi connectivity index (χ0n) is 14.8. The molecule has 0 fully saturated rings. The second-order valence-corrected chi connectivity index (χ2v) is 6.88. The van der Waals surface area contributed by atoms with Gasteiger partial charge in [0.25, 0.3) is 0 Å². The molecule has 0 atom stereocenters. The van der Waals surface area contributed by atoms with E-state index in [2.05, 4.69) is 59.9 Å². The molecule has 4 aromatic rings. The van der Waals surface area contributed by atoms with Crippen LogP contribution in [0.1, 0.15) is 18.9 Å². The van der Waals surface area contributed by atoms with E-state index < -0.39 is 5.54 Å². The molecular formula is C22H24ClNO2. The van der Waals surface area contributed by atoms with Crippen molar-refractivity contribution in [2.45, 2.75) is 25.4 Å². The molecule has 0 spiro atoms. The van der Waals surface area contributed by atoms with Gasteiger partial charge in [0.1, 0.15) is 0 Å². The molecule has 26 heavy (non-hydrogen) atoms. The molecule has 0 aliphatic rings. The number of aliphatic hydroxyl groups excluding tert-OH is 2. The molecule has 0 heterocycles. The summed E-state index contributed by atoms with van der Waals surface area (Å²) in [5.41, 5.74) is 0.551. The molecule has 136 valence electrons. The highest BCUT2D eigenvalue weighted by molar-refractivity contribution is 6.23. The van der Waals surface area contributed by atoms with Gasteiger partial charge in [0.15, 0.2) is 0 Å². The Labute approximate surface area is 159 Å². The van der Waals surface area contributed by atoms with Crippen LogP contribution in [0.25, 0.3) is 32.3 Å². The smallest absolute Gasteiger partial charge is 0.0648 e. The van der Waals surface area contributed by atoms with Gasteiger partial charge in [-0.15, -0.1) is 12.4 Å². The van der Waals surface area contributed by atoms with Crippen LogP contribution < -0.4 is 5.32 Å². The summed E-state index contributed by atoms with van der Waals surface area (Å²) in [6, 6.07) is 19.5. The standard InChI is InChI=1S/C22H23NO2.ClH/c1-2-22(13-24,14-25)23-12-18-9-8-17-7-6-15-4-3-5-16-10-11-19(18)21(17)20(15)16;/h3-11,23-25H,2,12-14H2,1H3;1H. The van der Waals surface area contributed by atoms with Gasteiger partial charge < -0.3 is 15.5 Å². The van der Waals surface area contributed by atoms with Gasteiger partial charge in [-0.3, -0.25) is 0 Å². The molecular weight excluding hydrogens is 346 g/mol. The van der Waals surface area contributed by atoms with Crippen molar-refractivity contribution in [3.8, 4) is 0 Å². The fourth-order valence-corrected chi connectivity index (χ4v) is 3.74. The number of hydrogen-bond acceptors (Lipinski definition) is 3. The largest absolute Gasteiger partial charge is 0.394 e. The lowest BCUT2D eigenvalue weighted by Gasteiger charge is -2.30. The molecule has 0 aliphatic heterocycles. The molecule has 3 N–H and O–H groups in total. The lowest BCUT2D eigenvalue weighted by molar-refractivity contribution is 0.0865. The Bertz CT molecular complexity index is 1000. The Morgan fingerprint density at radius 2 is 1.38 bits per heavy atom. The highest BCUT2D eigenvalue weighted by Crippen LogP contribution is 2.35. The fraction of sp³-hybridized carbons (Fsp3) is 0.273. The maximum Gasteiger partial charge on any atom is 0.0648 e. The zero-order chi connectivity index (χ0) is 17.4. The number of halogens is 1. The molecule has 0 bridgehead atoms. The predicted octanol–water partition coefficient (Wildman–Crippen LogP) is 4.23. The van der Waals surface area contributed by atoms with E-state index in [-0.39, 0.29) is 25.6 Å². The molecule has 0 aromatic heterocycles. The van der Waals surface area contributed by atoms with Crippen molar-refractivity contribution in [2.75, 3.05) is 13.2 Å². The molecule has 4 heteroatoms. The molecule has 4 rings (SSSR count). The number of rotatable bonds is 6. The van der Waals surface area contributed by atoms with E-state index in [0.29, 0.717) is 13.0 Å². The molecule has 0 radical (unpaired) electrons. The third kappa shape index (κ3) is 2.91. The summed E-state index contributed by atoms with van der Waals surface area (Å²) in [6.07, 6.45) is 0.672. The van der Waals surface area contributed by atoms with Crippen LogP contribution in [0.3, 0.4) is 0 Å². The first kappa shape index (κ1) is 18.9. The second-order valence-electron chi connectivity index (χ2n) is 6.88. The number of benzene rings is 4. The number of aliphatic hydroxyl groups is 2. The summed E-state index contributed by atoms with van der Waals surface area (Å²) >= 11 is 0. The third-order valence-electron chi connectivity index (χ3n) is 5.55. The van der Waals surface area contributed by atoms with Gasteiger partial charge in [-0.2, -0.15) is 0 Å². The Kier molecular flexibility index (Phi) is 5.35. The summed E-state index contributed by atoms with van der Waals surface area (Å²) < 4.78 is 0. The van der Waals surface area contributed by atoms with E-state index >= 15 is 0 Å². The van der Waals surface area contributed by atoms with Gasteiger partial charge >= 0.3 is 0 Å². The molecule has 0 saturated carbocycles. The topological polar surface area (TPSA) is 52.5 Å². The number of nitrogens with one attached hydrogen (secondary N) is 1. The van der Waals surface area contributed by atoms with Crippen molar-refractivity contribution in [3.63, 3.8) is 0 Å². The lowest BCUT2D eigenvalue weighted by atomic mass is 9.91. The highest BCUT2D eigenvalue weighted by Gasteiger charge is 2.25. The molecule has 4 aromatic carbocycles. The van der Waals surface area contributed by atoms with E-state index in [1.165, 1.54) is 37.9 Å². The van der Waals surface area contributed by atoms with E-state index in [0.717, 1.165) is 0 Å². The Hall–Kier alpha value is -1.91.